The highest BCUT2D eigenvalue weighted by molar-refractivity contribution is 5.81. The molecule has 2 aromatic heterocycles. The number of H-pyrrole nitrogens is 1. The van der Waals surface area contributed by atoms with Crippen LogP contribution < -0.4 is 16.2 Å². The summed E-state index contributed by atoms with van der Waals surface area (Å²) in [4.78, 5) is 25.8. The van der Waals surface area contributed by atoms with Gasteiger partial charge in [0, 0.05) is 48.8 Å². The summed E-state index contributed by atoms with van der Waals surface area (Å²) >= 11 is 0. The molecule has 4 heterocycles. The van der Waals surface area contributed by atoms with Gasteiger partial charge in [-0.05, 0) is 29.3 Å². The highest BCUT2D eigenvalue weighted by Crippen LogP contribution is 2.38. The van der Waals surface area contributed by atoms with Gasteiger partial charge in [0.05, 0.1) is 0 Å². The van der Waals surface area contributed by atoms with Gasteiger partial charge >= 0.3 is 0 Å². The van der Waals surface area contributed by atoms with Crippen molar-refractivity contribution in [3.8, 4) is 11.4 Å². The van der Waals surface area contributed by atoms with Crippen molar-refractivity contribution in [1.82, 2.24) is 35.8 Å². The van der Waals surface area contributed by atoms with E-state index in [1.54, 1.807) is 10.6 Å². The van der Waals surface area contributed by atoms with Crippen LogP contribution in [0.3, 0.4) is 0 Å². The molecule has 3 aromatic rings. The number of fused-ring (bicyclic) bond motifs is 4. The standard InChI is InChI=1S/C20H21N7O2/c28-17-6-2-5-16-14-8-15(11-21-10-14)18(27(16)17)20(29)22-9-12-3-1-4-13(7-12)19-23-25-26-24-19/h1-7,14-15,18,21H,8-11H2,(H,22,29)(H,23,24,25,26)/t14-,15+,18-/m1/s1. The number of aromatic nitrogens is 5. The van der Waals surface area contributed by atoms with Crippen LogP contribution in [0.5, 0.6) is 0 Å². The summed E-state index contributed by atoms with van der Waals surface area (Å²) in [6.45, 7) is 1.95. The molecule has 0 unspecified atom stereocenters. The third-order valence-electron chi connectivity index (χ3n) is 5.81. The Bertz CT molecular complexity index is 1090. The summed E-state index contributed by atoms with van der Waals surface area (Å²) < 4.78 is 1.70. The first kappa shape index (κ1) is 17.7. The second kappa shape index (κ2) is 7.25. The zero-order valence-electron chi connectivity index (χ0n) is 15.7. The first-order valence-corrected chi connectivity index (χ1v) is 9.73. The number of amides is 1. The van der Waals surface area contributed by atoms with E-state index in [1.165, 1.54) is 6.07 Å². The van der Waals surface area contributed by atoms with Gasteiger partial charge in [-0.3, -0.25) is 14.2 Å². The Balaban J connectivity index is 1.38. The highest BCUT2D eigenvalue weighted by atomic mass is 16.2. The van der Waals surface area contributed by atoms with Crippen molar-refractivity contribution in [2.75, 3.05) is 13.1 Å². The molecule has 2 aliphatic rings. The minimum absolute atomic E-state index is 0.104. The smallest absolute Gasteiger partial charge is 0.251 e. The van der Waals surface area contributed by atoms with Crippen LogP contribution in [0.1, 0.15) is 29.6 Å². The van der Waals surface area contributed by atoms with Crippen LogP contribution in [0, 0.1) is 5.92 Å². The fourth-order valence-electron chi connectivity index (χ4n) is 4.53. The average molecular weight is 391 g/mol. The largest absolute Gasteiger partial charge is 0.350 e. The maximum absolute atomic E-state index is 13.2. The summed E-state index contributed by atoms with van der Waals surface area (Å²) in [5, 5.41) is 20.4. The fraction of sp³-hybridized carbons (Fsp3) is 0.350. The van der Waals surface area contributed by atoms with Crippen LogP contribution in [0.2, 0.25) is 0 Å². The molecule has 3 atom stereocenters. The maximum atomic E-state index is 13.2. The molecule has 1 saturated heterocycles. The number of hydrogen-bond acceptors (Lipinski definition) is 6. The van der Waals surface area contributed by atoms with Crippen molar-refractivity contribution in [1.29, 1.82) is 0 Å². The first-order valence-electron chi connectivity index (χ1n) is 9.73. The number of rotatable bonds is 4. The summed E-state index contributed by atoms with van der Waals surface area (Å²) in [5.41, 5.74) is 2.58. The summed E-state index contributed by atoms with van der Waals surface area (Å²) in [5.74, 6) is 0.757. The average Bonchev–Trinajstić information content (AvgIpc) is 3.29. The van der Waals surface area contributed by atoms with Gasteiger partial charge in [-0.1, -0.05) is 24.3 Å². The number of tetrazole rings is 1. The second-order valence-electron chi connectivity index (χ2n) is 7.61. The van der Waals surface area contributed by atoms with Crippen molar-refractivity contribution >= 4 is 5.91 Å². The Morgan fingerprint density at radius 3 is 2.97 bits per heavy atom. The molecule has 2 aliphatic heterocycles. The van der Waals surface area contributed by atoms with Crippen LogP contribution >= 0.6 is 0 Å². The van der Waals surface area contributed by atoms with Crippen molar-refractivity contribution in [2.45, 2.75) is 24.9 Å². The maximum Gasteiger partial charge on any atom is 0.251 e. The van der Waals surface area contributed by atoms with Gasteiger partial charge in [0.15, 0.2) is 0 Å². The number of nitrogens with zero attached hydrogens (tertiary/aromatic N) is 4. The minimum atomic E-state index is -0.497. The highest BCUT2D eigenvalue weighted by Gasteiger charge is 2.41. The van der Waals surface area contributed by atoms with Crippen LogP contribution in [0.15, 0.2) is 47.3 Å². The molecule has 1 aromatic carbocycles. The van der Waals surface area contributed by atoms with E-state index in [0.717, 1.165) is 36.3 Å². The van der Waals surface area contributed by atoms with E-state index in [-0.39, 0.29) is 23.3 Å². The van der Waals surface area contributed by atoms with Crippen LogP contribution in [-0.2, 0) is 11.3 Å². The first-order chi connectivity index (χ1) is 14.2. The fourth-order valence-corrected chi connectivity index (χ4v) is 4.53. The lowest BCUT2D eigenvalue weighted by Crippen LogP contribution is -2.52. The zero-order chi connectivity index (χ0) is 19.8. The molecule has 29 heavy (non-hydrogen) atoms. The Hall–Kier alpha value is -3.33. The van der Waals surface area contributed by atoms with E-state index < -0.39 is 6.04 Å². The molecule has 9 heteroatoms. The van der Waals surface area contributed by atoms with E-state index in [9.17, 15) is 9.59 Å². The molecule has 0 saturated carbocycles. The van der Waals surface area contributed by atoms with E-state index in [2.05, 4.69) is 31.3 Å². The summed E-state index contributed by atoms with van der Waals surface area (Å²) in [6.07, 6.45) is 0.919. The lowest BCUT2D eigenvalue weighted by Gasteiger charge is -2.42. The molecule has 148 valence electrons. The number of benzene rings is 1. The van der Waals surface area contributed by atoms with Crippen molar-refractivity contribution in [3.63, 3.8) is 0 Å². The Kier molecular flexibility index (Phi) is 4.44. The van der Waals surface area contributed by atoms with E-state index in [0.29, 0.717) is 12.4 Å². The summed E-state index contributed by atoms with van der Waals surface area (Å²) in [7, 11) is 0. The predicted molar refractivity (Wildman–Crippen MR) is 105 cm³/mol. The van der Waals surface area contributed by atoms with Gasteiger partial charge in [0.2, 0.25) is 11.7 Å². The lowest BCUT2D eigenvalue weighted by molar-refractivity contribution is -0.127. The van der Waals surface area contributed by atoms with Gasteiger partial charge in [-0.25, -0.2) is 0 Å². The molecule has 9 nitrogen and oxygen atoms in total. The zero-order valence-corrected chi connectivity index (χ0v) is 15.7. The Morgan fingerprint density at radius 2 is 2.10 bits per heavy atom. The second-order valence-corrected chi connectivity index (χ2v) is 7.61. The number of hydrogen-bond donors (Lipinski definition) is 3. The molecular weight excluding hydrogens is 370 g/mol. The molecular formula is C20H21N7O2. The molecule has 2 bridgehead atoms. The van der Waals surface area contributed by atoms with Gasteiger partial charge in [-0.15, -0.1) is 10.2 Å². The third kappa shape index (κ3) is 3.23. The Morgan fingerprint density at radius 1 is 1.21 bits per heavy atom. The van der Waals surface area contributed by atoms with Gasteiger partial charge in [0.25, 0.3) is 5.56 Å². The molecule has 1 fully saturated rings. The molecule has 0 radical (unpaired) electrons. The topological polar surface area (TPSA) is 118 Å². The normalized spacial score (nSPS) is 22.7. The molecule has 5 rings (SSSR count). The molecule has 3 N–H and O–H groups in total. The van der Waals surface area contributed by atoms with Crippen LogP contribution in [0.25, 0.3) is 11.4 Å². The quantitative estimate of drug-likeness (QED) is 0.599. The minimum Gasteiger partial charge on any atom is -0.350 e. The van der Waals surface area contributed by atoms with E-state index >= 15 is 0 Å². The predicted octanol–water partition coefficient (Wildman–Crippen LogP) is 0.593. The number of carbonyl (C=O) groups excluding carboxylic acids is 1. The van der Waals surface area contributed by atoms with Gasteiger partial charge < -0.3 is 10.6 Å². The van der Waals surface area contributed by atoms with Gasteiger partial charge in [-0.2, -0.15) is 5.21 Å². The number of pyridine rings is 1. The van der Waals surface area contributed by atoms with Crippen LogP contribution in [0.4, 0.5) is 0 Å². The Labute approximate surface area is 166 Å². The monoisotopic (exact) mass is 391 g/mol. The van der Waals surface area contributed by atoms with Gasteiger partial charge in [0.1, 0.15) is 6.04 Å². The SMILES string of the molecule is O=C(NCc1cccc(-c2nn[nH]n2)c1)[C@H]1[C@@H]2CNC[C@@H](C2)c2cccc(=O)n21. The number of carbonyl (C=O) groups is 1. The number of piperidine rings is 1. The third-order valence-corrected chi connectivity index (χ3v) is 5.81. The van der Waals surface area contributed by atoms with Crippen molar-refractivity contribution in [3.05, 3.63) is 64.1 Å². The molecule has 0 aliphatic carbocycles. The molecule has 1 amide bonds. The molecule has 0 spiro atoms. The van der Waals surface area contributed by atoms with E-state index in [4.69, 9.17) is 0 Å². The van der Waals surface area contributed by atoms with Crippen molar-refractivity contribution < 1.29 is 4.79 Å². The van der Waals surface area contributed by atoms with Crippen LogP contribution in [-0.4, -0.2) is 44.2 Å². The lowest BCUT2D eigenvalue weighted by atomic mass is 9.79. The van der Waals surface area contributed by atoms with E-state index in [1.807, 2.05) is 30.3 Å². The van der Waals surface area contributed by atoms with Crippen molar-refractivity contribution in [2.24, 2.45) is 5.92 Å². The summed E-state index contributed by atoms with van der Waals surface area (Å²) in [6, 6.07) is 12.4. The number of aromatic amines is 1. The number of nitrogens with one attached hydrogen (secondary N) is 3.